The molecule has 0 radical (unpaired) electrons. The highest BCUT2D eigenvalue weighted by Crippen LogP contribution is 2.22. The Labute approximate surface area is 253 Å². The number of fused-ring (bicyclic) bond motifs is 1. The fraction of sp³-hybridized carbons (Fsp3) is 0.636. The molecule has 1 aromatic carbocycles. The average Bonchev–Trinajstić information content (AvgIpc) is 2.92. The van der Waals surface area contributed by atoms with Crippen LogP contribution >= 0.6 is 0 Å². The molecule has 0 spiro atoms. The van der Waals surface area contributed by atoms with Gasteiger partial charge in [-0.1, -0.05) is 92.0 Å². The van der Waals surface area contributed by atoms with Gasteiger partial charge in [-0.3, -0.25) is 15.0 Å². The molecule has 3 rings (SSSR count). The van der Waals surface area contributed by atoms with E-state index >= 15 is 0 Å². The molecule has 0 bridgehead atoms. The van der Waals surface area contributed by atoms with Crippen LogP contribution in [0.1, 0.15) is 98.0 Å². The van der Waals surface area contributed by atoms with Crippen molar-refractivity contribution in [1.29, 1.82) is 0 Å². The van der Waals surface area contributed by atoms with E-state index in [9.17, 15) is 19.5 Å². The second-order valence-corrected chi connectivity index (χ2v) is 11.8. The largest absolute Gasteiger partial charge is 0.449 e. The molecule has 2 N–H and O–H groups in total. The van der Waals surface area contributed by atoms with Crippen molar-refractivity contribution in [3.63, 3.8) is 0 Å². The number of ketones is 1. The molecule has 0 aliphatic carbocycles. The van der Waals surface area contributed by atoms with Gasteiger partial charge >= 0.3 is 6.09 Å². The van der Waals surface area contributed by atoms with Crippen molar-refractivity contribution in [3.8, 4) is 0 Å². The number of para-hydroxylation sites is 1. The fourth-order valence-electron chi connectivity index (χ4n) is 4.26. The van der Waals surface area contributed by atoms with Gasteiger partial charge in [-0.2, -0.15) is 5.01 Å². The molecule has 9 heteroatoms. The Balaban J connectivity index is 0.000000427. The van der Waals surface area contributed by atoms with Crippen molar-refractivity contribution in [2.75, 3.05) is 26.4 Å². The number of rotatable bonds is 10. The predicted octanol–water partition coefficient (Wildman–Crippen LogP) is 6.45. The third kappa shape index (κ3) is 14.2. The summed E-state index contributed by atoms with van der Waals surface area (Å²) in [7, 11) is 0. The highest BCUT2D eigenvalue weighted by Gasteiger charge is 2.33. The van der Waals surface area contributed by atoms with E-state index in [1.54, 1.807) is 16.0 Å². The summed E-state index contributed by atoms with van der Waals surface area (Å²) in [6, 6.07) is 11.4. The minimum absolute atomic E-state index is 0.00533. The molecular weight excluding hydrogens is 532 g/mol. The number of hydrogen-bond donors (Lipinski definition) is 2. The molecule has 2 unspecified atom stereocenters. The number of aromatic nitrogens is 1. The molecular formula is C33H54N4O5. The van der Waals surface area contributed by atoms with Gasteiger partial charge < -0.3 is 14.7 Å². The minimum Gasteiger partial charge on any atom is -0.449 e. The van der Waals surface area contributed by atoms with E-state index in [2.05, 4.69) is 52.0 Å². The van der Waals surface area contributed by atoms with Gasteiger partial charge in [-0.25, -0.2) is 9.78 Å². The van der Waals surface area contributed by atoms with Crippen molar-refractivity contribution in [2.24, 2.45) is 17.8 Å². The van der Waals surface area contributed by atoms with Gasteiger partial charge in [0.15, 0.2) is 5.78 Å². The first kappa shape index (κ1) is 37.0. The topological polar surface area (TPSA) is 112 Å². The number of hydrogen-bond acceptors (Lipinski definition) is 7. The number of nitrogens with one attached hydrogen (secondary N) is 1. The lowest BCUT2D eigenvalue weighted by atomic mass is 9.89. The molecule has 2 heterocycles. The lowest BCUT2D eigenvalue weighted by Gasteiger charge is -2.39. The van der Waals surface area contributed by atoms with Gasteiger partial charge in [0.2, 0.25) is 5.91 Å². The number of carbonyl (C=O) groups excluding carboxylic acids is 3. The molecule has 2 atom stereocenters. The summed E-state index contributed by atoms with van der Waals surface area (Å²) < 4.78 is 5.08. The Morgan fingerprint density at radius 1 is 1.00 bits per heavy atom. The van der Waals surface area contributed by atoms with Crippen molar-refractivity contribution >= 4 is 28.7 Å². The predicted molar refractivity (Wildman–Crippen MR) is 169 cm³/mol. The first-order valence-electron chi connectivity index (χ1n) is 15.4. The lowest BCUT2D eigenvalue weighted by molar-refractivity contribution is -0.146. The van der Waals surface area contributed by atoms with E-state index in [-0.39, 0.29) is 36.7 Å². The summed E-state index contributed by atoms with van der Waals surface area (Å²) in [5.74, 6) is 1.08. The third-order valence-corrected chi connectivity index (χ3v) is 6.45. The van der Waals surface area contributed by atoms with Crippen molar-refractivity contribution < 1.29 is 24.2 Å². The summed E-state index contributed by atoms with van der Waals surface area (Å²) in [6.45, 7) is 17.5. The summed E-state index contributed by atoms with van der Waals surface area (Å²) in [6.07, 6.45) is 3.45. The van der Waals surface area contributed by atoms with Crippen LogP contribution in [0.15, 0.2) is 36.4 Å². The van der Waals surface area contributed by atoms with Gasteiger partial charge in [0.05, 0.1) is 24.9 Å². The normalized spacial score (nSPS) is 15.8. The highest BCUT2D eigenvalue weighted by molar-refractivity contribution is 5.94. The smallest absolute Gasteiger partial charge is 0.421 e. The number of pyridine rings is 1. The maximum atomic E-state index is 12.9. The van der Waals surface area contributed by atoms with Crippen LogP contribution in [0.3, 0.4) is 0 Å². The van der Waals surface area contributed by atoms with Crippen LogP contribution in [-0.4, -0.2) is 70.3 Å². The SMILES string of the molecule is CC(=O)c1ccc2ccccc2n1.CC(C)C.CCCCOC(=O)NN1CC(O)CN(C(=O)C(CCCC)C(C)C)C1. The molecule has 0 saturated carbocycles. The van der Waals surface area contributed by atoms with E-state index < -0.39 is 12.2 Å². The Bertz CT molecular complexity index is 1090. The zero-order chi connectivity index (χ0) is 31.7. The van der Waals surface area contributed by atoms with Crippen LogP contribution in [0.4, 0.5) is 4.79 Å². The standard InChI is InChI=1S/C18H35N3O4.C11H9NO.C4H10/c1-5-7-9-16(14(3)4)17(23)20-11-15(22)12-21(13-20)19-18(24)25-10-8-6-2;1-8(13)10-7-6-9-4-2-3-5-11(9)12-10;1-4(2)3/h14-16,22H,5-13H2,1-4H3,(H,19,24);2-7H,1H3;4H,1-3H3. The van der Waals surface area contributed by atoms with Crippen LogP contribution in [-0.2, 0) is 9.53 Å². The Morgan fingerprint density at radius 2 is 1.64 bits per heavy atom. The molecule has 236 valence electrons. The number of aliphatic hydroxyl groups is 1. The second kappa shape index (κ2) is 20.0. The Kier molecular flexibility index (Phi) is 17.6. The van der Waals surface area contributed by atoms with Crippen molar-refractivity contribution in [2.45, 2.75) is 93.6 Å². The number of carbonyl (C=O) groups is 3. The van der Waals surface area contributed by atoms with Crippen molar-refractivity contribution in [3.05, 3.63) is 42.1 Å². The van der Waals surface area contributed by atoms with Gasteiger partial charge in [0.1, 0.15) is 5.69 Å². The van der Waals surface area contributed by atoms with Crippen LogP contribution in [0.5, 0.6) is 0 Å². The number of unbranched alkanes of at least 4 members (excludes halogenated alkanes) is 2. The second-order valence-electron chi connectivity index (χ2n) is 11.8. The van der Waals surface area contributed by atoms with Crippen LogP contribution in [0, 0.1) is 17.8 Å². The molecule has 2 aromatic rings. The quantitative estimate of drug-likeness (QED) is 0.243. The van der Waals surface area contributed by atoms with Crippen LogP contribution in [0.2, 0.25) is 0 Å². The van der Waals surface area contributed by atoms with E-state index in [4.69, 9.17) is 4.74 Å². The van der Waals surface area contributed by atoms with Gasteiger partial charge in [-0.05, 0) is 36.8 Å². The summed E-state index contributed by atoms with van der Waals surface area (Å²) in [5.41, 5.74) is 4.02. The monoisotopic (exact) mass is 586 g/mol. The number of β-amino-alcohol motifs (C(OH)–C–C–N with tert-alkyl or cyclic N) is 1. The van der Waals surface area contributed by atoms with E-state index in [1.165, 1.54) is 6.92 Å². The first-order chi connectivity index (χ1) is 19.9. The van der Waals surface area contributed by atoms with Crippen LogP contribution in [0.25, 0.3) is 10.9 Å². The molecule has 1 saturated heterocycles. The molecule has 42 heavy (non-hydrogen) atoms. The number of nitrogens with zero attached hydrogens (tertiary/aromatic N) is 3. The summed E-state index contributed by atoms with van der Waals surface area (Å²) in [4.78, 5) is 41.6. The number of aliphatic hydroxyl groups excluding tert-OH is 1. The number of ether oxygens (including phenoxy) is 1. The fourth-order valence-corrected chi connectivity index (χ4v) is 4.26. The Morgan fingerprint density at radius 3 is 2.24 bits per heavy atom. The molecule has 2 amide bonds. The minimum atomic E-state index is -0.687. The summed E-state index contributed by atoms with van der Waals surface area (Å²) in [5, 5.41) is 12.7. The number of amides is 2. The molecule has 1 aliphatic heterocycles. The van der Waals surface area contributed by atoms with Gasteiger partial charge in [0.25, 0.3) is 0 Å². The van der Waals surface area contributed by atoms with E-state index in [0.29, 0.717) is 18.8 Å². The third-order valence-electron chi connectivity index (χ3n) is 6.45. The molecule has 1 aromatic heterocycles. The maximum Gasteiger partial charge on any atom is 0.421 e. The van der Waals surface area contributed by atoms with E-state index in [1.807, 2.05) is 37.3 Å². The maximum absolute atomic E-state index is 12.9. The molecule has 1 aliphatic rings. The highest BCUT2D eigenvalue weighted by atomic mass is 16.6. The zero-order valence-corrected chi connectivity index (χ0v) is 27.1. The van der Waals surface area contributed by atoms with Crippen molar-refractivity contribution in [1.82, 2.24) is 20.3 Å². The number of hydrazine groups is 1. The molecule has 9 nitrogen and oxygen atoms in total. The average molecular weight is 587 g/mol. The van der Waals surface area contributed by atoms with E-state index in [0.717, 1.165) is 48.9 Å². The number of Topliss-reactive ketones (excluding diaryl/α,β-unsaturated/α-hetero) is 1. The Hall–Kier alpha value is -3.04. The number of benzene rings is 1. The molecule has 1 fully saturated rings. The van der Waals surface area contributed by atoms with Gasteiger partial charge in [0, 0.05) is 31.3 Å². The van der Waals surface area contributed by atoms with Gasteiger partial charge in [-0.15, -0.1) is 0 Å². The first-order valence-corrected chi connectivity index (χ1v) is 15.4. The van der Waals surface area contributed by atoms with Crippen LogP contribution < -0.4 is 5.43 Å². The lowest BCUT2D eigenvalue weighted by Crippen LogP contribution is -2.60. The summed E-state index contributed by atoms with van der Waals surface area (Å²) >= 11 is 0. The zero-order valence-electron chi connectivity index (χ0n) is 27.1.